The highest BCUT2D eigenvalue weighted by atomic mass is 19.4. The van der Waals surface area contributed by atoms with E-state index in [1.807, 2.05) is 37.3 Å². The molecule has 0 radical (unpaired) electrons. The molecule has 206 valence electrons. The van der Waals surface area contributed by atoms with Crippen molar-refractivity contribution < 1.29 is 27.1 Å². The van der Waals surface area contributed by atoms with Gasteiger partial charge in [0.05, 0.1) is 30.8 Å². The molecule has 1 fully saturated rings. The van der Waals surface area contributed by atoms with Gasteiger partial charge in [-0.1, -0.05) is 5.10 Å². The average Bonchev–Trinajstić information content (AvgIpc) is 3.43. The summed E-state index contributed by atoms with van der Waals surface area (Å²) in [6.45, 7) is 3.02. The molecule has 0 saturated heterocycles. The number of hydrogen-bond acceptors (Lipinski definition) is 7. The van der Waals surface area contributed by atoms with Gasteiger partial charge in [0, 0.05) is 23.8 Å². The highest BCUT2D eigenvalue weighted by Crippen LogP contribution is 2.41. The number of hydrogen-bond donors (Lipinski definition) is 1. The van der Waals surface area contributed by atoms with Crippen molar-refractivity contribution in [3.05, 3.63) is 65.9 Å². The summed E-state index contributed by atoms with van der Waals surface area (Å²) in [5.41, 5.74) is 1.66. The van der Waals surface area contributed by atoms with Gasteiger partial charge in [-0.3, -0.25) is 4.98 Å². The number of methoxy groups -OCH3 is 1. The fourth-order valence-corrected chi connectivity index (χ4v) is 5.36. The SMILES string of the molecule is CCOCC(Nc1nnc(-c2ccc(OC)cc2)o1)C1CCC(c2ccnc3ccc(C(F)(F)F)cc23)CC1. The minimum atomic E-state index is -4.39. The van der Waals surface area contributed by atoms with Gasteiger partial charge in [-0.25, -0.2) is 0 Å². The number of benzene rings is 2. The van der Waals surface area contributed by atoms with Gasteiger partial charge in [0.15, 0.2) is 0 Å². The van der Waals surface area contributed by atoms with Crippen molar-refractivity contribution in [2.45, 2.75) is 50.7 Å². The number of rotatable bonds is 9. The van der Waals surface area contributed by atoms with Gasteiger partial charge in [0.2, 0.25) is 5.89 Å². The molecule has 7 nitrogen and oxygen atoms in total. The minimum absolute atomic E-state index is 0.0407. The van der Waals surface area contributed by atoms with E-state index in [1.54, 1.807) is 13.3 Å². The van der Waals surface area contributed by atoms with E-state index in [4.69, 9.17) is 13.9 Å². The van der Waals surface area contributed by atoms with Crippen LogP contribution in [0.4, 0.5) is 19.2 Å². The number of nitrogens with zero attached hydrogens (tertiary/aromatic N) is 3. The second-order valence-electron chi connectivity index (χ2n) is 9.79. The maximum Gasteiger partial charge on any atom is 0.416 e. The van der Waals surface area contributed by atoms with E-state index in [2.05, 4.69) is 20.5 Å². The van der Waals surface area contributed by atoms with Crippen LogP contribution >= 0.6 is 0 Å². The van der Waals surface area contributed by atoms with E-state index < -0.39 is 11.7 Å². The molecule has 1 saturated carbocycles. The second-order valence-corrected chi connectivity index (χ2v) is 9.79. The maximum absolute atomic E-state index is 13.4. The molecule has 10 heteroatoms. The molecule has 1 aliphatic carbocycles. The number of halogens is 3. The Morgan fingerprint density at radius 1 is 1.03 bits per heavy atom. The molecule has 2 aromatic carbocycles. The van der Waals surface area contributed by atoms with E-state index in [0.717, 1.165) is 48.6 Å². The highest BCUT2D eigenvalue weighted by Gasteiger charge is 2.33. The van der Waals surface area contributed by atoms with E-state index in [-0.39, 0.29) is 17.9 Å². The van der Waals surface area contributed by atoms with Crippen molar-refractivity contribution in [3.8, 4) is 17.2 Å². The van der Waals surface area contributed by atoms with Crippen molar-refractivity contribution in [2.75, 3.05) is 25.6 Å². The first-order valence-corrected chi connectivity index (χ1v) is 13.1. The molecule has 0 amide bonds. The van der Waals surface area contributed by atoms with Crippen LogP contribution in [-0.2, 0) is 10.9 Å². The summed E-state index contributed by atoms with van der Waals surface area (Å²) in [4.78, 5) is 4.29. The summed E-state index contributed by atoms with van der Waals surface area (Å²) < 4.78 is 57.0. The number of fused-ring (bicyclic) bond motifs is 1. The van der Waals surface area contributed by atoms with Crippen LogP contribution in [0.2, 0.25) is 0 Å². The normalized spacial score (nSPS) is 18.7. The molecule has 2 heterocycles. The fourth-order valence-electron chi connectivity index (χ4n) is 5.36. The molecule has 39 heavy (non-hydrogen) atoms. The van der Waals surface area contributed by atoms with Crippen LogP contribution in [0.3, 0.4) is 0 Å². The predicted octanol–water partition coefficient (Wildman–Crippen LogP) is 7.10. The van der Waals surface area contributed by atoms with Gasteiger partial charge in [-0.2, -0.15) is 13.2 Å². The zero-order chi connectivity index (χ0) is 27.4. The second kappa shape index (κ2) is 11.6. The number of aromatic nitrogens is 3. The van der Waals surface area contributed by atoms with E-state index in [1.165, 1.54) is 12.1 Å². The van der Waals surface area contributed by atoms with Crippen molar-refractivity contribution in [2.24, 2.45) is 5.92 Å². The van der Waals surface area contributed by atoms with Gasteiger partial charge >= 0.3 is 12.2 Å². The van der Waals surface area contributed by atoms with E-state index >= 15 is 0 Å². The van der Waals surface area contributed by atoms with Crippen LogP contribution in [0.1, 0.15) is 49.7 Å². The monoisotopic (exact) mass is 540 g/mol. The smallest absolute Gasteiger partial charge is 0.416 e. The minimum Gasteiger partial charge on any atom is -0.497 e. The Labute approximate surface area is 224 Å². The first-order chi connectivity index (χ1) is 18.9. The molecule has 1 N–H and O–H groups in total. The molecule has 1 unspecified atom stereocenters. The van der Waals surface area contributed by atoms with E-state index in [9.17, 15) is 13.2 Å². The Morgan fingerprint density at radius 3 is 2.49 bits per heavy atom. The fraction of sp³-hybridized carbons (Fsp3) is 0.414. The maximum atomic E-state index is 13.4. The first kappa shape index (κ1) is 26.9. The lowest BCUT2D eigenvalue weighted by atomic mass is 9.75. The predicted molar refractivity (Wildman–Crippen MR) is 142 cm³/mol. The molecule has 1 atom stereocenters. The molecule has 5 rings (SSSR count). The standard InChI is InChI=1S/C29H31F3N4O3/c1-3-38-17-26(34-28-36-35-27(39-28)20-8-11-22(37-2)12-9-20)19-6-4-18(5-7-19)23-14-15-33-25-13-10-21(16-24(23)25)29(30,31)32/h8-16,18-19,26H,3-7,17H2,1-2H3,(H,34,36). The third kappa shape index (κ3) is 6.16. The number of anilines is 1. The molecule has 1 aliphatic rings. The third-order valence-electron chi connectivity index (χ3n) is 7.46. The zero-order valence-corrected chi connectivity index (χ0v) is 21.9. The first-order valence-electron chi connectivity index (χ1n) is 13.1. The number of nitrogens with one attached hydrogen (secondary N) is 1. The topological polar surface area (TPSA) is 82.3 Å². The summed E-state index contributed by atoms with van der Waals surface area (Å²) >= 11 is 0. The largest absolute Gasteiger partial charge is 0.497 e. The quantitative estimate of drug-likeness (QED) is 0.242. The zero-order valence-electron chi connectivity index (χ0n) is 21.9. The molecular weight excluding hydrogens is 509 g/mol. The van der Waals surface area contributed by atoms with Crippen LogP contribution < -0.4 is 10.1 Å². The molecule has 4 aromatic rings. The molecule has 2 aromatic heterocycles. The van der Waals surface area contributed by atoms with Crippen LogP contribution in [0, 0.1) is 5.92 Å². The van der Waals surface area contributed by atoms with Crippen LogP contribution in [-0.4, -0.2) is 41.5 Å². The summed E-state index contributed by atoms with van der Waals surface area (Å²) in [5.74, 6) is 1.59. The molecular formula is C29H31F3N4O3. The lowest BCUT2D eigenvalue weighted by Crippen LogP contribution is -2.36. The Kier molecular flexibility index (Phi) is 8.02. The van der Waals surface area contributed by atoms with Crippen molar-refractivity contribution >= 4 is 16.9 Å². The lowest BCUT2D eigenvalue weighted by Gasteiger charge is -2.34. The summed E-state index contributed by atoms with van der Waals surface area (Å²) in [6, 6.07) is 13.3. The number of ether oxygens (including phenoxy) is 2. The Balaban J connectivity index is 1.28. The van der Waals surface area contributed by atoms with Crippen LogP contribution in [0.25, 0.3) is 22.4 Å². The van der Waals surface area contributed by atoms with Gasteiger partial charge in [0.25, 0.3) is 0 Å². The van der Waals surface area contributed by atoms with Gasteiger partial charge in [0.1, 0.15) is 5.75 Å². The molecule has 0 spiro atoms. The summed E-state index contributed by atoms with van der Waals surface area (Å²) in [6.07, 6.45) is 0.775. The highest BCUT2D eigenvalue weighted by molar-refractivity contribution is 5.83. The van der Waals surface area contributed by atoms with Gasteiger partial charge in [-0.15, -0.1) is 5.10 Å². The Morgan fingerprint density at radius 2 is 1.79 bits per heavy atom. The van der Waals surface area contributed by atoms with Crippen molar-refractivity contribution in [1.29, 1.82) is 0 Å². The molecule has 0 bridgehead atoms. The average molecular weight is 541 g/mol. The van der Waals surface area contributed by atoms with Gasteiger partial charge in [-0.05, 0) is 98.5 Å². The molecule has 0 aliphatic heterocycles. The Bertz CT molecular complexity index is 1380. The van der Waals surface area contributed by atoms with Crippen molar-refractivity contribution in [1.82, 2.24) is 15.2 Å². The van der Waals surface area contributed by atoms with Crippen LogP contribution in [0.5, 0.6) is 5.75 Å². The number of alkyl halides is 3. The summed E-state index contributed by atoms with van der Waals surface area (Å²) in [7, 11) is 1.61. The lowest BCUT2D eigenvalue weighted by molar-refractivity contribution is -0.137. The third-order valence-corrected chi connectivity index (χ3v) is 7.46. The van der Waals surface area contributed by atoms with E-state index in [0.29, 0.717) is 36.0 Å². The van der Waals surface area contributed by atoms with Crippen LogP contribution in [0.15, 0.2) is 59.1 Å². The van der Waals surface area contributed by atoms with Crippen molar-refractivity contribution in [3.63, 3.8) is 0 Å². The summed E-state index contributed by atoms with van der Waals surface area (Å²) in [5, 5.41) is 12.3. The number of pyridine rings is 1. The van der Waals surface area contributed by atoms with Gasteiger partial charge < -0.3 is 19.2 Å². The Hall–Kier alpha value is -3.66.